The Labute approximate surface area is 214 Å². The molecule has 1 aromatic heterocycles. The SMILES string of the molecule is CCCCCCCCCCCC(=O)OCc1ccccc1-c1nc(-c2ccc(OC)c(OC)c2)n[nH]1. The summed E-state index contributed by atoms with van der Waals surface area (Å²) >= 11 is 0. The monoisotopic (exact) mass is 493 g/mol. The minimum absolute atomic E-state index is 0.156. The van der Waals surface area contributed by atoms with Gasteiger partial charge in [0, 0.05) is 23.1 Å². The largest absolute Gasteiger partial charge is 0.493 e. The van der Waals surface area contributed by atoms with Crippen molar-refractivity contribution in [3.63, 3.8) is 0 Å². The van der Waals surface area contributed by atoms with Crippen LogP contribution in [0, 0.1) is 0 Å². The Balaban J connectivity index is 1.50. The lowest BCUT2D eigenvalue weighted by atomic mass is 10.1. The first-order valence-corrected chi connectivity index (χ1v) is 13.0. The van der Waals surface area contributed by atoms with Gasteiger partial charge in [-0.05, 0) is 24.6 Å². The van der Waals surface area contributed by atoms with Gasteiger partial charge in [0.15, 0.2) is 23.1 Å². The van der Waals surface area contributed by atoms with Gasteiger partial charge < -0.3 is 14.2 Å². The van der Waals surface area contributed by atoms with E-state index in [2.05, 4.69) is 22.1 Å². The fraction of sp³-hybridized carbons (Fsp3) is 0.483. The number of nitrogens with zero attached hydrogens (tertiary/aromatic N) is 2. The van der Waals surface area contributed by atoms with E-state index in [1.165, 1.54) is 44.9 Å². The molecule has 0 spiro atoms. The van der Waals surface area contributed by atoms with Crippen LogP contribution in [0.1, 0.15) is 76.7 Å². The number of rotatable bonds is 16. The maximum Gasteiger partial charge on any atom is 0.306 e. The third-order valence-electron chi connectivity index (χ3n) is 6.27. The number of H-pyrrole nitrogens is 1. The van der Waals surface area contributed by atoms with Gasteiger partial charge in [-0.3, -0.25) is 9.89 Å². The van der Waals surface area contributed by atoms with Crippen LogP contribution in [0.15, 0.2) is 42.5 Å². The van der Waals surface area contributed by atoms with Crippen molar-refractivity contribution >= 4 is 5.97 Å². The summed E-state index contributed by atoms with van der Waals surface area (Å²) in [5, 5.41) is 7.39. The van der Waals surface area contributed by atoms with Crippen LogP contribution in [0.5, 0.6) is 11.5 Å². The highest BCUT2D eigenvalue weighted by Crippen LogP contribution is 2.32. The van der Waals surface area contributed by atoms with Crippen molar-refractivity contribution in [3.8, 4) is 34.3 Å². The number of hydrogen-bond donors (Lipinski definition) is 1. The predicted octanol–water partition coefficient (Wildman–Crippen LogP) is 7.12. The summed E-state index contributed by atoms with van der Waals surface area (Å²) in [5.41, 5.74) is 2.54. The Morgan fingerprint density at radius 1 is 0.861 bits per heavy atom. The number of hydrogen-bond acceptors (Lipinski definition) is 6. The van der Waals surface area contributed by atoms with Gasteiger partial charge in [0.1, 0.15) is 6.61 Å². The normalized spacial score (nSPS) is 10.9. The molecule has 0 radical (unpaired) electrons. The standard InChI is InChI=1S/C29H39N3O4/c1-4-5-6-7-8-9-10-11-12-17-27(33)36-21-23-15-13-14-16-24(23)29-30-28(31-32-29)22-18-19-25(34-2)26(20-22)35-3/h13-16,18-20H,4-12,17,21H2,1-3H3,(H,30,31,32). The fourth-order valence-electron chi connectivity index (χ4n) is 4.17. The zero-order valence-electron chi connectivity index (χ0n) is 21.8. The molecule has 3 aromatic rings. The summed E-state index contributed by atoms with van der Waals surface area (Å²) in [6, 6.07) is 13.3. The van der Waals surface area contributed by atoms with Gasteiger partial charge in [0.2, 0.25) is 0 Å². The minimum atomic E-state index is -0.156. The van der Waals surface area contributed by atoms with E-state index in [9.17, 15) is 4.79 Å². The first-order chi connectivity index (χ1) is 17.7. The molecule has 0 bridgehead atoms. The van der Waals surface area contributed by atoms with Crippen LogP contribution in [0.3, 0.4) is 0 Å². The van der Waals surface area contributed by atoms with E-state index in [0.29, 0.717) is 29.6 Å². The second-order valence-electron chi connectivity index (χ2n) is 8.97. The van der Waals surface area contributed by atoms with Crippen LogP contribution in [0.2, 0.25) is 0 Å². The molecule has 0 aliphatic rings. The van der Waals surface area contributed by atoms with Crippen molar-refractivity contribution in [2.24, 2.45) is 0 Å². The number of unbranched alkanes of at least 4 members (excludes halogenated alkanes) is 8. The van der Waals surface area contributed by atoms with Crippen molar-refractivity contribution in [2.45, 2.75) is 77.7 Å². The molecule has 0 atom stereocenters. The lowest BCUT2D eigenvalue weighted by Crippen LogP contribution is -2.05. The van der Waals surface area contributed by atoms with E-state index in [1.54, 1.807) is 14.2 Å². The first kappa shape index (κ1) is 27.2. The lowest BCUT2D eigenvalue weighted by molar-refractivity contribution is -0.145. The molecular formula is C29H39N3O4. The van der Waals surface area contributed by atoms with Crippen molar-refractivity contribution in [2.75, 3.05) is 14.2 Å². The number of aromatic amines is 1. The molecule has 194 valence electrons. The highest BCUT2D eigenvalue weighted by Gasteiger charge is 2.14. The quantitative estimate of drug-likeness (QED) is 0.169. The Bertz CT molecular complexity index is 1080. The van der Waals surface area contributed by atoms with Crippen LogP contribution < -0.4 is 9.47 Å². The maximum absolute atomic E-state index is 12.3. The number of ether oxygens (including phenoxy) is 3. The molecule has 0 aliphatic carbocycles. The summed E-state index contributed by atoms with van der Waals surface area (Å²) in [5.74, 6) is 2.26. The van der Waals surface area contributed by atoms with E-state index in [1.807, 2.05) is 42.5 Å². The molecule has 0 unspecified atom stereocenters. The minimum Gasteiger partial charge on any atom is -0.493 e. The Morgan fingerprint density at radius 3 is 2.28 bits per heavy atom. The molecule has 0 amide bonds. The lowest BCUT2D eigenvalue weighted by Gasteiger charge is -2.09. The average Bonchev–Trinajstić information content (AvgIpc) is 3.41. The molecule has 1 heterocycles. The maximum atomic E-state index is 12.3. The van der Waals surface area contributed by atoms with Crippen LogP contribution in [-0.4, -0.2) is 35.4 Å². The molecule has 36 heavy (non-hydrogen) atoms. The third kappa shape index (κ3) is 8.11. The molecule has 7 nitrogen and oxygen atoms in total. The predicted molar refractivity (Wildman–Crippen MR) is 142 cm³/mol. The highest BCUT2D eigenvalue weighted by molar-refractivity contribution is 5.70. The summed E-state index contributed by atoms with van der Waals surface area (Å²) in [6.07, 6.45) is 11.5. The Hall–Kier alpha value is -3.35. The van der Waals surface area contributed by atoms with Crippen LogP contribution in [0.4, 0.5) is 0 Å². The second kappa shape index (κ2) is 14.9. The smallest absolute Gasteiger partial charge is 0.306 e. The summed E-state index contributed by atoms with van der Waals surface area (Å²) in [7, 11) is 3.20. The molecule has 2 aromatic carbocycles. The first-order valence-electron chi connectivity index (χ1n) is 13.0. The summed E-state index contributed by atoms with van der Waals surface area (Å²) < 4.78 is 16.3. The van der Waals surface area contributed by atoms with Crippen molar-refractivity contribution in [3.05, 3.63) is 48.0 Å². The van der Waals surface area contributed by atoms with E-state index in [0.717, 1.165) is 29.5 Å². The molecule has 0 fully saturated rings. The number of nitrogens with one attached hydrogen (secondary N) is 1. The van der Waals surface area contributed by atoms with Crippen LogP contribution in [-0.2, 0) is 16.1 Å². The van der Waals surface area contributed by atoms with Gasteiger partial charge >= 0.3 is 5.97 Å². The Kier molecular flexibility index (Phi) is 11.3. The molecule has 0 aliphatic heterocycles. The second-order valence-corrected chi connectivity index (χ2v) is 8.97. The van der Waals surface area contributed by atoms with Gasteiger partial charge in [0.05, 0.1) is 14.2 Å². The van der Waals surface area contributed by atoms with Gasteiger partial charge in [0.25, 0.3) is 0 Å². The molecule has 0 saturated carbocycles. The third-order valence-corrected chi connectivity index (χ3v) is 6.27. The number of esters is 1. The number of carbonyl (C=O) groups excluding carboxylic acids is 1. The van der Waals surface area contributed by atoms with E-state index in [-0.39, 0.29) is 12.6 Å². The number of carbonyl (C=O) groups is 1. The molecule has 7 heteroatoms. The fourth-order valence-corrected chi connectivity index (χ4v) is 4.17. The number of aromatic nitrogens is 3. The zero-order chi connectivity index (χ0) is 25.6. The van der Waals surface area contributed by atoms with Gasteiger partial charge in [-0.15, -0.1) is 0 Å². The highest BCUT2D eigenvalue weighted by atomic mass is 16.5. The average molecular weight is 494 g/mol. The van der Waals surface area contributed by atoms with Crippen molar-refractivity contribution in [1.29, 1.82) is 0 Å². The Morgan fingerprint density at radius 2 is 1.56 bits per heavy atom. The van der Waals surface area contributed by atoms with Gasteiger partial charge in [-0.25, -0.2) is 4.98 Å². The summed E-state index contributed by atoms with van der Waals surface area (Å²) in [4.78, 5) is 17.0. The summed E-state index contributed by atoms with van der Waals surface area (Å²) in [6.45, 7) is 2.45. The molecule has 1 N–H and O–H groups in total. The molecular weight excluding hydrogens is 454 g/mol. The van der Waals surface area contributed by atoms with Crippen LogP contribution in [0.25, 0.3) is 22.8 Å². The number of methoxy groups -OCH3 is 2. The topological polar surface area (TPSA) is 86.3 Å². The van der Waals surface area contributed by atoms with Crippen molar-refractivity contribution < 1.29 is 19.0 Å². The molecule has 3 rings (SSSR count). The number of benzene rings is 2. The zero-order valence-corrected chi connectivity index (χ0v) is 21.8. The van der Waals surface area contributed by atoms with Gasteiger partial charge in [-0.1, -0.05) is 82.6 Å². The van der Waals surface area contributed by atoms with E-state index in [4.69, 9.17) is 14.2 Å². The van der Waals surface area contributed by atoms with E-state index >= 15 is 0 Å². The van der Waals surface area contributed by atoms with Crippen LogP contribution >= 0.6 is 0 Å². The molecule has 0 saturated heterocycles. The van der Waals surface area contributed by atoms with Gasteiger partial charge in [-0.2, -0.15) is 5.10 Å². The van der Waals surface area contributed by atoms with Crippen molar-refractivity contribution in [1.82, 2.24) is 15.2 Å². The van der Waals surface area contributed by atoms with E-state index < -0.39 is 0 Å².